The average molecular weight is 431 g/mol. The van der Waals surface area contributed by atoms with Gasteiger partial charge in [-0.2, -0.15) is 0 Å². The summed E-state index contributed by atoms with van der Waals surface area (Å²) in [5.41, 5.74) is 3.06. The average Bonchev–Trinajstić information content (AvgIpc) is 2.85. The second kappa shape index (κ2) is 10.5. The van der Waals surface area contributed by atoms with E-state index in [4.69, 9.17) is 9.47 Å². The van der Waals surface area contributed by atoms with Crippen molar-refractivity contribution in [2.24, 2.45) is 0 Å². The number of nitrogens with one attached hydrogen (secondary N) is 2. The molecule has 164 valence electrons. The second-order valence-electron chi connectivity index (χ2n) is 7.33. The van der Waals surface area contributed by atoms with Crippen LogP contribution in [-0.2, 0) is 9.53 Å². The Morgan fingerprint density at radius 1 is 0.812 bits per heavy atom. The van der Waals surface area contributed by atoms with E-state index in [1.54, 1.807) is 36.4 Å². The minimum absolute atomic E-state index is 0.110. The molecule has 0 radical (unpaired) electrons. The van der Waals surface area contributed by atoms with Crippen LogP contribution in [0.2, 0.25) is 0 Å². The highest BCUT2D eigenvalue weighted by Gasteiger charge is 2.11. The van der Waals surface area contributed by atoms with Gasteiger partial charge in [0.25, 0.3) is 11.8 Å². The van der Waals surface area contributed by atoms with Gasteiger partial charge in [-0.3, -0.25) is 9.59 Å². The molecule has 7 heteroatoms. The van der Waals surface area contributed by atoms with Crippen LogP contribution < -0.4 is 20.3 Å². The van der Waals surface area contributed by atoms with Gasteiger partial charge in [-0.05, 0) is 60.7 Å². The minimum atomic E-state index is -0.245. The molecule has 2 N–H and O–H groups in total. The van der Waals surface area contributed by atoms with E-state index in [0.717, 1.165) is 37.7 Å². The normalized spacial score (nSPS) is 13.3. The van der Waals surface area contributed by atoms with Crippen LogP contribution in [0.1, 0.15) is 10.4 Å². The molecule has 1 heterocycles. The highest BCUT2D eigenvalue weighted by molar-refractivity contribution is 6.04. The molecule has 0 atom stereocenters. The van der Waals surface area contributed by atoms with Gasteiger partial charge < -0.3 is 25.0 Å². The van der Waals surface area contributed by atoms with Crippen molar-refractivity contribution < 1.29 is 19.1 Å². The lowest BCUT2D eigenvalue weighted by Gasteiger charge is -2.28. The number of rotatable bonds is 7. The van der Waals surface area contributed by atoms with E-state index in [-0.39, 0.29) is 18.4 Å². The lowest BCUT2D eigenvalue weighted by molar-refractivity contribution is -0.118. The molecule has 1 aliphatic rings. The fraction of sp³-hybridized carbons (Fsp3) is 0.200. The number of anilines is 3. The molecule has 3 aromatic carbocycles. The Kier molecular flexibility index (Phi) is 6.99. The first-order valence-corrected chi connectivity index (χ1v) is 10.5. The highest BCUT2D eigenvalue weighted by Crippen LogP contribution is 2.20. The Morgan fingerprint density at radius 3 is 2.12 bits per heavy atom. The molecule has 0 aliphatic carbocycles. The number of hydrogen-bond acceptors (Lipinski definition) is 5. The van der Waals surface area contributed by atoms with Gasteiger partial charge in [0.1, 0.15) is 5.75 Å². The maximum atomic E-state index is 12.2. The van der Waals surface area contributed by atoms with E-state index in [1.807, 2.05) is 42.5 Å². The first-order valence-electron chi connectivity index (χ1n) is 10.5. The summed E-state index contributed by atoms with van der Waals surface area (Å²) in [6.07, 6.45) is 0. The zero-order chi connectivity index (χ0) is 22.2. The number of carbonyl (C=O) groups excluding carboxylic acids is 2. The number of benzene rings is 3. The van der Waals surface area contributed by atoms with Crippen molar-refractivity contribution >= 4 is 28.9 Å². The SMILES string of the molecule is O=C(COc1ccc(NC(=O)c2ccccc2)cc1)Nc1ccc(N2CCOCC2)cc1. The Hall–Kier alpha value is -3.84. The van der Waals surface area contributed by atoms with Crippen molar-refractivity contribution in [2.45, 2.75) is 0 Å². The van der Waals surface area contributed by atoms with Crippen LogP contribution in [0.5, 0.6) is 5.75 Å². The van der Waals surface area contributed by atoms with Crippen molar-refractivity contribution in [2.75, 3.05) is 48.4 Å². The van der Waals surface area contributed by atoms with Crippen LogP contribution in [0, 0.1) is 0 Å². The van der Waals surface area contributed by atoms with Gasteiger partial charge in [-0.15, -0.1) is 0 Å². The Bertz CT molecular complexity index is 1030. The minimum Gasteiger partial charge on any atom is -0.484 e. The van der Waals surface area contributed by atoms with Gasteiger partial charge >= 0.3 is 0 Å². The van der Waals surface area contributed by atoms with Crippen LogP contribution in [0.15, 0.2) is 78.9 Å². The molecule has 2 amide bonds. The van der Waals surface area contributed by atoms with Crippen molar-refractivity contribution in [3.63, 3.8) is 0 Å². The molecule has 0 saturated carbocycles. The zero-order valence-electron chi connectivity index (χ0n) is 17.6. The fourth-order valence-electron chi connectivity index (χ4n) is 3.35. The van der Waals surface area contributed by atoms with E-state index < -0.39 is 0 Å². The summed E-state index contributed by atoms with van der Waals surface area (Å²) in [6.45, 7) is 3.09. The molecular formula is C25H25N3O4. The van der Waals surface area contributed by atoms with Gasteiger partial charge in [-0.25, -0.2) is 0 Å². The van der Waals surface area contributed by atoms with Crippen LogP contribution in [0.4, 0.5) is 17.1 Å². The number of carbonyl (C=O) groups is 2. The third-order valence-electron chi connectivity index (χ3n) is 5.05. The highest BCUT2D eigenvalue weighted by atomic mass is 16.5. The molecule has 0 spiro atoms. The summed E-state index contributed by atoms with van der Waals surface area (Å²) in [6, 6.07) is 23.6. The summed E-state index contributed by atoms with van der Waals surface area (Å²) >= 11 is 0. The summed E-state index contributed by atoms with van der Waals surface area (Å²) in [7, 11) is 0. The van der Waals surface area contributed by atoms with Gasteiger partial charge in [0.15, 0.2) is 6.61 Å². The third kappa shape index (κ3) is 5.86. The number of amides is 2. The molecule has 3 aromatic rings. The number of morpholine rings is 1. The molecule has 1 saturated heterocycles. The number of hydrogen-bond donors (Lipinski definition) is 2. The van der Waals surface area contributed by atoms with Crippen LogP contribution in [-0.4, -0.2) is 44.7 Å². The lowest BCUT2D eigenvalue weighted by atomic mass is 10.2. The van der Waals surface area contributed by atoms with Gasteiger partial charge in [0.2, 0.25) is 0 Å². The standard InChI is InChI=1S/C25H25N3O4/c29-24(26-20-6-10-22(11-7-20)28-14-16-31-17-15-28)18-32-23-12-8-21(9-13-23)27-25(30)19-4-2-1-3-5-19/h1-13H,14-18H2,(H,26,29)(H,27,30). The molecule has 32 heavy (non-hydrogen) atoms. The maximum absolute atomic E-state index is 12.2. The molecular weight excluding hydrogens is 406 g/mol. The first kappa shape index (κ1) is 21.4. The quantitative estimate of drug-likeness (QED) is 0.595. The topological polar surface area (TPSA) is 79.9 Å². The Labute approximate surface area is 187 Å². The van der Waals surface area contributed by atoms with Gasteiger partial charge in [0, 0.05) is 35.7 Å². The van der Waals surface area contributed by atoms with Gasteiger partial charge in [-0.1, -0.05) is 18.2 Å². The summed E-state index contributed by atoms with van der Waals surface area (Å²) in [5, 5.41) is 5.66. The third-order valence-corrected chi connectivity index (χ3v) is 5.05. The number of ether oxygens (including phenoxy) is 2. The monoisotopic (exact) mass is 431 g/mol. The molecule has 0 unspecified atom stereocenters. The summed E-state index contributed by atoms with van der Waals surface area (Å²) in [5.74, 6) is 0.115. The van der Waals surface area contributed by atoms with Crippen LogP contribution in [0.25, 0.3) is 0 Å². The predicted molar refractivity (Wildman–Crippen MR) is 124 cm³/mol. The van der Waals surface area contributed by atoms with Crippen LogP contribution >= 0.6 is 0 Å². The Balaban J connectivity index is 1.23. The summed E-state index contributed by atoms with van der Waals surface area (Å²) < 4.78 is 10.9. The van der Waals surface area contributed by atoms with E-state index in [1.165, 1.54) is 0 Å². The molecule has 4 rings (SSSR count). The van der Waals surface area contributed by atoms with Crippen LogP contribution in [0.3, 0.4) is 0 Å². The van der Waals surface area contributed by atoms with Crippen molar-refractivity contribution in [1.82, 2.24) is 0 Å². The van der Waals surface area contributed by atoms with E-state index in [9.17, 15) is 9.59 Å². The second-order valence-corrected chi connectivity index (χ2v) is 7.33. The predicted octanol–water partition coefficient (Wildman–Crippen LogP) is 3.79. The molecule has 0 aromatic heterocycles. The zero-order valence-corrected chi connectivity index (χ0v) is 17.6. The number of nitrogens with zero attached hydrogens (tertiary/aromatic N) is 1. The van der Waals surface area contributed by atoms with E-state index in [2.05, 4.69) is 15.5 Å². The van der Waals surface area contributed by atoms with Crippen molar-refractivity contribution in [3.8, 4) is 5.75 Å². The Morgan fingerprint density at radius 2 is 1.44 bits per heavy atom. The molecule has 7 nitrogen and oxygen atoms in total. The largest absolute Gasteiger partial charge is 0.484 e. The van der Waals surface area contributed by atoms with E-state index in [0.29, 0.717) is 17.0 Å². The molecule has 1 fully saturated rings. The lowest BCUT2D eigenvalue weighted by Crippen LogP contribution is -2.36. The smallest absolute Gasteiger partial charge is 0.262 e. The molecule has 0 bridgehead atoms. The van der Waals surface area contributed by atoms with Crippen molar-refractivity contribution in [1.29, 1.82) is 0 Å². The summed E-state index contributed by atoms with van der Waals surface area (Å²) in [4.78, 5) is 26.7. The molecule has 1 aliphatic heterocycles. The van der Waals surface area contributed by atoms with E-state index >= 15 is 0 Å². The first-order chi connectivity index (χ1) is 15.7. The van der Waals surface area contributed by atoms with Gasteiger partial charge in [0.05, 0.1) is 13.2 Å². The maximum Gasteiger partial charge on any atom is 0.262 e. The fourth-order valence-corrected chi connectivity index (χ4v) is 3.35. The van der Waals surface area contributed by atoms with Crippen molar-refractivity contribution in [3.05, 3.63) is 84.4 Å².